The van der Waals surface area contributed by atoms with Crippen LogP contribution in [-0.2, 0) is 23.9 Å². The van der Waals surface area contributed by atoms with Crippen LogP contribution in [0.25, 0.3) is 5.76 Å². The molecule has 2 aromatic carbocycles. The van der Waals surface area contributed by atoms with Gasteiger partial charge in [-0.3, -0.25) is 14.4 Å². The summed E-state index contributed by atoms with van der Waals surface area (Å²) in [6.07, 6.45) is -0.317. The van der Waals surface area contributed by atoms with Crippen molar-refractivity contribution in [3.8, 4) is 11.5 Å². The van der Waals surface area contributed by atoms with Crippen molar-refractivity contribution in [1.82, 2.24) is 0 Å². The maximum atomic E-state index is 13.0. The number of carbonyl (C=O) groups excluding carboxylic acids is 4. The molecule has 0 amide bonds. The molecule has 2 aromatic rings. The van der Waals surface area contributed by atoms with E-state index in [1.165, 1.54) is 45.6 Å². The van der Waals surface area contributed by atoms with E-state index in [0.717, 1.165) is 0 Å². The second-order valence-corrected chi connectivity index (χ2v) is 7.07. The fraction of sp³-hybridized carbons (Fsp3) is 0.250. The summed E-state index contributed by atoms with van der Waals surface area (Å²) in [4.78, 5) is 49.3. The third kappa shape index (κ3) is 4.72. The van der Waals surface area contributed by atoms with E-state index in [-0.39, 0.29) is 47.0 Å². The smallest absolute Gasteiger partial charge is 0.343 e. The van der Waals surface area contributed by atoms with Crippen molar-refractivity contribution >= 4 is 29.3 Å². The molecule has 0 fully saturated rings. The Bertz CT molecular complexity index is 1150. The van der Waals surface area contributed by atoms with Crippen molar-refractivity contribution in [2.24, 2.45) is 0 Å². The second-order valence-electron chi connectivity index (χ2n) is 7.07. The van der Waals surface area contributed by atoms with Crippen molar-refractivity contribution in [3.05, 3.63) is 64.7 Å². The summed E-state index contributed by atoms with van der Waals surface area (Å²) in [5.41, 5.74) is 0.473. The number of rotatable bonds is 8. The Morgan fingerprint density at radius 3 is 2.18 bits per heavy atom. The zero-order chi connectivity index (χ0) is 24.1. The Kier molecular flexibility index (Phi) is 7.12. The maximum Gasteiger partial charge on any atom is 0.343 e. The molecule has 0 radical (unpaired) electrons. The van der Waals surface area contributed by atoms with Gasteiger partial charge >= 0.3 is 11.9 Å². The van der Waals surface area contributed by atoms with Crippen molar-refractivity contribution in [2.45, 2.75) is 12.3 Å². The van der Waals surface area contributed by atoms with Gasteiger partial charge in [-0.25, -0.2) is 4.79 Å². The molecule has 0 bridgehead atoms. The van der Waals surface area contributed by atoms with Crippen molar-refractivity contribution in [2.75, 3.05) is 27.9 Å². The van der Waals surface area contributed by atoms with Crippen LogP contribution in [0.2, 0.25) is 0 Å². The third-order valence-corrected chi connectivity index (χ3v) is 5.24. The number of ketones is 2. The lowest BCUT2D eigenvalue weighted by Crippen LogP contribution is -2.28. The standard InChI is InChI=1S/C24H22O9/c1-30-18-10-13(8-9-17(18)33-12-20(26)32-3)16(11-19(25)31-2)21-22(27)14-6-4-5-7-15(14)23(28)24(21)29/h4-10,16,27H,11-12H2,1-3H3. The predicted octanol–water partition coefficient (Wildman–Crippen LogP) is 2.63. The normalized spacial score (nSPS) is 13.8. The molecule has 0 heterocycles. The monoisotopic (exact) mass is 454 g/mol. The Balaban J connectivity index is 2.11. The first kappa shape index (κ1) is 23.5. The topological polar surface area (TPSA) is 125 Å². The number of allylic oxidation sites excluding steroid dienone is 1. The summed E-state index contributed by atoms with van der Waals surface area (Å²) in [7, 11) is 3.80. The Labute approximate surface area is 189 Å². The van der Waals surface area contributed by atoms with Gasteiger partial charge in [0, 0.05) is 17.0 Å². The van der Waals surface area contributed by atoms with Crippen molar-refractivity contribution in [3.63, 3.8) is 0 Å². The number of carbonyl (C=O) groups is 4. The summed E-state index contributed by atoms with van der Waals surface area (Å²) >= 11 is 0. The number of methoxy groups -OCH3 is 3. The van der Waals surface area contributed by atoms with E-state index in [9.17, 15) is 24.3 Å². The number of esters is 2. The van der Waals surface area contributed by atoms with Gasteiger partial charge in [-0.05, 0) is 17.7 Å². The zero-order valence-corrected chi connectivity index (χ0v) is 18.2. The summed E-state index contributed by atoms with van der Waals surface area (Å²) in [5.74, 6) is -3.89. The molecule has 0 spiro atoms. The van der Waals surface area contributed by atoms with Crippen LogP contribution in [0.5, 0.6) is 11.5 Å². The van der Waals surface area contributed by atoms with Crippen LogP contribution < -0.4 is 9.47 Å². The maximum absolute atomic E-state index is 13.0. The number of aliphatic hydroxyl groups is 1. The minimum atomic E-state index is -1.01. The number of fused-ring (bicyclic) bond motifs is 1. The van der Waals surface area contributed by atoms with E-state index in [1.807, 2.05) is 0 Å². The SMILES string of the molecule is COC(=O)COc1ccc(C(CC(=O)OC)C2=C(O)c3ccccc3C(=O)C2=O)cc1OC. The van der Waals surface area contributed by atoms with Crippen molar-refractivity contribution in [1.29, 1.82) is 0 Å². The van der Waals surface area contributed by atoms with Crippen LogP contribution in [0.4, 0.5) is 0 Å². The molecular formula is C24H22O9. The minimum Gasteiger partial charge on any atom is -0.507 e. The summed E-state index contributed by atoms with van der Waals surface area (Å²) in [5, 5.41) is 10.9. The molecule has 3 rings (SSSR count). The number of benzene rings is 2. The molecule has 33 heavy (non-hydrogen) atoms. The molecule has 9 nitrogen and oxygen atoms in total. The number of aliphatic hydroxyl groups excluding tert-OH is 1. The van der Waals surface area contributed by atoms with Crippen LogP contribution in [0.3, 0.4) is 0 Å². The quantitative estimate of drug-likeness (QED) is 0.473. The molecule has 0 aromatic heterocycles. The molecular weight excluding hydrogens is 432 g/mol. The first-order valence-electron chi connectivity index (χ1n) is 9.88. The molecule has 0 saturated heterocycles. The average Bonchev–Trinajstić information content (AvgIpc) is 2.85. The molecule has 0 saturated carbocycles. The van der Waals surface area contributed by atoms with Gasteiger partial charge in [-0.15, -0.1) is 0 Å². The fourth-order valence-electron chi connectivity index (χ4n) is 3.56. The molecule has 0 aliphatic heterocycles. The first-order valence-corrected chi connectivity index (χ1v) is 9.88. The highest BCUT2D eigenvalue weighted by molar-refractivity contribution is 6.52. The van der Waals surface area contributed by atoms with E-state index in [4.69, 9.17) is 14.2 Å². The van der Waals surface area contributed by atoms with Crippen LogP contribution >= 0.6 is 0 Å². The van der Waals surface area contributed by atoms with Gasteiger partial charge < -0.3 is 24.1 Å². The van der Waals surface area contributed by atoms with Gasteiger partial charge in [0.05, 0.1) is 33.3 Å². The lowest BCUT2D eigenvalue weighted by Gasteiger charge is -2.25. The lowest BCUT2D eigenvalue weighted by atomic mass is 9.78. The van der Waals surface area contributed by atoms with E-state index < -0.39 is 29.4 Å². The molecule has 9 heteroatoms. The van der Waals surface area contributed by atoms with Crippen LogP contribution in [-0.4, -0.2) is 56.5 Å². The summed E-state index contributed by atoms with van der Waals surface area (Å²) in [6, 6.07) is 10.7. The van der Waals surface area contributed by atoms with Crippen LogP contribution in [0.1, 0.15) is 33.8 Å². The number of hydrogen-bond donors (Lipinski definition) is 1. The summed E-state index contributed by atoms with van der Waals surface area (Å²) < 4.78 is 20.0. The van der Waals surface area contributed by atoms with E-state index in [1.54, 1.807) is 18.2 Å². The minimum absolute atomic E-state index is 0.0877. The van der Waals surface area contributed by atoms with Gasteiger partial charge in [0.2, 0.25) is 11.6 Å². The number of ether oxygens (including phenoxy) is 4. The van der Waals surface area contributed by atoms with Crippen LogP contribution in [0.15, 0.2) is 48.0 Å². The van der Waals surface area contributed by atoms with Crippen LogP contribution in [0, 0.1) is 0 Å². The summed E-state index contributed by atoms with van der Waals surface area (Å²) in [6.45, 7) is -0.354. The van der Waals surface area contributed by atoms with Gasteiger partial charge in [-0.2, -0.15) is 0 Å². The van der Waals surface area contributed by atoms with Gasteiger partial charge in [0.1, 0.15) is 5.76 Å². The number of hydrogen-bond acceptors (Lipinski definition) is 9. The predicted molar refractivity (Wildman–Crippen MR) is 115 cm³/mol. The lowest BCUT2D eigenvalue weighted by molar-refractivity contribution is -0.143. The molecule has 172 valence electrons. The zero-order valence-electron chi connectivity index (χ0n) is 18.2. The molecule has 1 unspecified atom stereocenters. The van der Waals surface area contributed by atoms with Gasteiger partial charge in [0.15, 0.2) is 18.1 Å². The first-order chi connectivity index (χ1) is 15.8. The van der Waals surface area contributed by atoms with Gasteiger partial charge in [0.25, 0.3) is 0 Å². The van der Waals surface area contributed by atoms with Gasteiger partial charge in [-0.1, -0.05) is 30.3 Å². The second kappa shape index (κ2) is 9.99. The Morgan fingerprint density at radius 2 is 1.55 bits per heavy atom. The molecule has 1 atom stereocenters. The highest BCUT2D eigenvalue weighted by Gasteiger charge is 2.38. The average molecular weight is 454 g/mol. The van der Waals surface area contributed by atoms with Crippen molar-refractivity contribution < 1.29 is 43.2 Å². The highest BCUT2D eigenvalue weighted by Crippen LogP contribution is 2.40. The Morgan fingerprint density at radius 1 is 0.879 bits per heavy atom. The third-order valence-electron chi connectivity index (χ3n) is 5.24. The van der Waals surface area contributed by atoms with E-state index in [0.29, 0.717) is 5.56 Å². The molecule has 1 aliphatic carbocycles. The largest absolute Gasteiger partial charge is 0.507 e. The Hall–Kier alpha value is -4.14. The fourth-order valence-corrected chi connectivity index (χ4v) is 3.56. The highest BCUT2D eigenvalue weighted by atomic mass is 16.6. The molecule has 1 aliphatic rings. The molecule has 1 N–H and O–H groups in total. The van der Waals surface area contributed by atoms with E-state index >= 15 is 0 Å². The number of Topliss-reactive ketones (excluding diaryl/α,β-unsaturated/α-hetero) is 2. The van der Waals surface area contributed by atoms with E-state index in [2.05, 4.69) is 4.74 Å².